The number of rotatable bonds is 7. The molecule has 170 valence electrons. The molecule has 9 heteroatoms. The Bertz CT molecular complexity index is 934. The molecule has 0 radical (unpaired) electrons. The first kappa shape index (κ1) is 22.9. The normalized spacial score (nSPS) is 13.3. The predicted molar refractivity (Wildman–Crippen MR) is 119 cm³/mol. The van der Waals surface area contributed by atoms with Gasteiger partial charge in [0, 0.05) is 37.6 Å². The van der Waals surface area contributed by atoms with Crippen molar-refractivity contribution in [1.29, 1.82) is 0 Å². The van der Waals surface area contributed by atoms with E-state index >= 15 is 0 Å². The van der Waals surface area contributed by atoms with Crippen LogP contribution >= 0.6 is 0 Å². The molecule has 1 heterocycles. The van der Waals surface area contributed by atoms with Gasteiger partial charge in [0.15, 0.2) is 0 Å². The van der Waals surface area contributed by atoms with E-state index in [1.54, 1.807) is 12.0 Å². The number of nitrogens with zero attached hydrogens (tertiary/aromatic N) is 2. The van der Waals surface area contributed by atoms with Gasteiger partial charge in [0.2, 0.25) is 5.91 Å². The molecule has 2 aromatic rings. The van der Waals surface area contributed by atoms with Gasteiger partial charge in [-0.15, -0.1) is 0 Å². The Morgan fingerprint density at radius 2 is 1.41 bits per heavy atom. The fraction of sp³-hybridized carbons (Fsp3) is 0.348. The minimum atomic E-state index is -0.584. The van der Waals surface area contributed by atoms with E-state index in [0.29, 0.717) is 18.8 Å². The Kier molecular flexibility index (Phi) is 7.54. The van der Waals surface area contributed by atoms with Crippen LogP contribution < -0.4 is 15.0 Å². The first-order valence-electron chi connectivity index (χ1n) is 10.2. The van der Waals surface area contributed by atoms with E-state index in [0.717, 1.165) is 24.5 Å². The van der Waals surface area contributed by atoms with Crippen LogP contribution in [0.4, 0.5) is 11.4 Å². The first-order valence-corrected chi connectivity index (χ1v) is 10.2. The second kappa shape index (κ2) is 10.5. The number of carbonyl (C=O) groups excluding carboxylic acids is 3. The number of amides is 1. The molecule has 2 aromatic carbocycles. The minimum absolute atomic E-state index is 0.0355. The summed E-state index contributed by atoms with van der Waals surface area (Å²) < 4.78 is 14.7. The number of ether oxygens (including phenoxy) is 3. The summed E-state index contributed by atoms with van der Waals surface area (Å²) in [6.07, 6.45) is 0. The van der Waals surface area contributed by atoms with E-state index in [-0.39, 0.29) is 23.6 Å². The zero-order valence-electron chi connectivity index (χ0n) is 18.4. The number of esters is 2. The van der Waals surface area contributed by atoms with Crippen molar-refractivity contribution in [2.24, 2.45) is 0 Å². The second-order valence-corrected chi connectivity index (χ2v) is 7.20. The van der Waals surface area contributed by atoms with Crippen LogP contribution in [0.5, 0.6) is 5.75 Å². The zero-order chi connectivity index (χ0) is 23.1. The molecular formula is C23H27N3O6. The molecule has 1 aliphatic rings. The van der Waals surface area contributed by atoms with Crippen molar-refractivity contribution in [3.8, 4) is 5.75 Å². The lowest BCUT2D eigenvalue weighted by atomic mass is 10.1. The Labute approximate surface area is 186 Å². The predicted octanol–water partition coefficient (Wildman–Crippen LogP) is 2.03. The van der Waals surface area contributed by atoms with Gasteiger partial charge < -0.3 is 29.3 Å². The van der Waals surface area contributed by atoms with Crippen LogP contribution in [0.25, 0.3) is 0 Å². The second-order valence-electron chi connectivity index (χ2n) is 7.20. The highest BCUT2D eigenvalue weighted by atomic mass is 16.5. The monoisotopic (exact) mass is 441 g/mol. The van der Waals surface area contributed by atoms with Crippen molar-refractivity contribution in [3.05, 3.63) is 53.6 Å². The van der Waals surface area contributed by atoms with Gasteiger partial charge in [-0.25, -0.2) is 9.59 Å². The fourth-order valence-corrected chi connectivity index (χ4v) is 3.50. The summed E-state index contributed by atoms with van der Waals surface area (Å²) in [5.74, 6) is -0.428. The topological polar surface area (TPSA) is 97.4 Å². The SMILES string of the molecule is COC(=O)c1cc(NCC(=O)N2CCN(c3ccc(OC)cc3)CC2)cc(C(=O)OC)c1. The van der Waals surface area contributed by atoms with E-state index in [2.05, 4.69) is 10.2 Å². The zero-order valence-corrected chi connectivity index (χ0v) is 18.4. The maximum Gasteiger partial charge on any atom is 0.337 e. The first-order chi connectivity index (χ1) is 15.4. The van der Waals surface area contributed by atoms with Crippen molar-refractivity contribution >= 4 is 29.2 Å². The molecule has 0 saturated carbocycles. The van der Waals surface area contributed by atoms with E-state index < -0.39 is 11.9 Å². The van der Waals surface area contributed by atoms with Crippen LogP contribution in [0.2, 0.25) is 0 Å². The molecule has 1 aliphatic heterocycles. The molecule has 0 aromatic heterocycles. The smallest absolute Gasteiger partial charge is 0.337 e. The Morgan fingerprint density at radius 3 is 1.91 bits per heavy atom. The summed E-state index contributed by atoms with van der Waals surface area (Å²) >= 11 is 0. The summed E-state index contributed by atoms with van der Waals surface area (Å²) in [5, 5.41) is 3.00. The van der Waals surface area contributed by atoms with Gasteiger partial charge in [0.1, 0.15) is 5.75 Å². The van der Waals surface area contributed by atoms with Gasteiger partial charge in [-0.3, -0.25) is 4.79 Å². The van der Waals surface area contributed by atoms with Gasteiger partial charge in [-0.1, -0.05) is 0 Å². The Hall–Kier alpha value is -3.75. The average Bonchev–Trinajstić information content (AvgIpc) is 2.86. The maximum atomic E-state index is 12.7. The highest BCUT2D eigenvalue weighted by Crippen LogP contribution is 2.21. The van der Waals surface area contributed by atoms with Gasteiger partial charge in [0.25, 0.3) is 0 Å². The third kappa shape index (κ3) is 5.48. The van der Waals surface area contributed by atoms with Crippen LogP contribution in [0.15, 0.2) is 42.5 Å². The summed E-state index contributed by atoms with van der Waals surface area (Å²) in [4.78, 5) is 40.5. The van der Waals surface area contributed by atoms with Gasteiger partial charge >= 0.3 is 11.9 Å². The number of hydrogen-bond acceptors (Lipinski definition) is 8. The van der Waals surface area contributed by atoms with Gasteiger partial charge in [-0.05, 0) is 42.5 Å². The minimum Gasteiger partial charge on any atom is -0.497 e. The van der Waals surface area contributed by atoms with Gasteiger partial charge in [-0.2, -0.15) is 0 Å². The molecular weight excluding hydrogens is 414 g/mol. The van der Waals surface area contributed by atoms with E-state index in [1.165, 1.54) is 32.4 Å². The quantitative estimate of drug-likeness (QED) is 0.652. The van der Waals surface area contributed by atoms with Crippen LogP contribution in [-0.4, -0.2) is 76.8 Å². The third-order valence-corrected chi connectivity index (χ3v) is 5.29. The van der Waals surface area contributed by atoms with Crippen molar-refractivity contribution in [1.82, 2.24) is 4.90 Å². The Balaban J connectivity index is 1.58. The number of piperazine rings is 1. The van der Waals surface area contributed by atoms with Crippen molar-refractivity contribution < 1.29 is 28.6 Å². The molecule has 1 fully saturated rings. The highest BCUT2D eigenvalue weighted by Gasteiger charge is 2.21. The number of benzene rings is 2. The summed E-state index contributed by atoms with van der Waals surface area (Å²) in [6, 6.07) is 12.3. The van der Waals surface area contributed by atoms with Crippen LogP contribution in [0.1, 0.15) is 20.7 Å². The molecule has 1 amide bonds. The lowest BCUT2D eigenvalue weighted by Crippen LogP contribution is -2.50. The lowest BCUT2D eigenvalue weighted by Gasteiger charge is -2.36. The van der Waals surface area contributed by atoms with Crippen molar-refractivity contribution in [2.45, 2.75) is 0 Å². The van der Waals surface area contributed by atoms with E-state index in [9.17, 15) is 14.4 Å². The molecule has 0 spiro atoms. The summed E-state index contributed by atoms with van der Waals surface area (Å²) in [6.45, 7) is 2.68. The lowest BCUT2D eigenvalue weighted by molar-refractivity contribution is -0.129. The van der Waals surface area contributed by atoms with Crippen LogP contribution in [0.3, 0.4) is 0 Å². The average molecular weight is 441 g/mol. The molecule has 0 atom stereocenters. The van der Waals surface area contributed by atoms with Crippen LogP contribution in [-0.2, 0) is 14.3 Å². The number of nitrogens with one attached hydrogen (secondary N) is 1. The molecule has 0 aliphatic carbocycles. The van der Waals surface area contributed by atoms with Crippen molar-refractivity contribution in [3.63, 3.8) is 0 Å². The molecule has 3 rings (SSSR count). The number of anilines is 2. The van der Waals surface area contributed by atoms with E-state index in [4.69, 9.17) is 14.2 Å². The van der Waals surface area contributed by atoms with Crippen LogP contribution in [0, 0.1) is 0 Å². The molecule has 0 unspecified atom stereocenters. The summed E-state index contributed by atoms with van der Waals surface area (Å²) in [5.41, 5.74) is 1.93. The highest BCUT2D eigenvalue weighted by molar-refractivity contribution is 5.97. The molecule has 9 nitrogen and oxygen atoms in total. The number of carbonyl (C=O) groups is 3. The number of hydrogen-bond donors (Lipinski definition) is 1. The standard InChI is InChI=1S/C23H27N3O6/c1-30-20-6-4-19(5-7-20)25-8-10-26(11-9-25)21(27)15-24-18-13-16(22(28)31-2)12-17(14-18)23(29)32-3/h4-7,12-14,24H,8-11,15H2,1-3H3. The fourth-order valence-electron chi connectivity index (χ4n) is 3.50. The molecule has 32 heavy (non-hydrogen) atoms. The van der Waals surface area contributed by atoms with Crippen molar-refractivity contribution in [2.75, 3.05) is 64.3 Å². The molecule has 1 saturated heterocycles. The number of methoxy groups -OCH3 is 3. The molecule has 0 bridgehead atoms. The van der Waals surface area contributed by atoms with Gasteiger partial charge in [0.05, 0.1) is 39.0 Å². The third-order valence-electron chi connectivity index (χ3n) is 5.29. The Morgan fingerprint density at radius 1 is 0.844 bits per heavy atom. The summed E-state index contributed by atoms with van der Waals surface area (Å²) in [7, 11) is 4.15. The van der Waals surface area contributed by atoms with E-state index in [1.807, 2.05) is 24.3 Å². The maximum absolute atomic E-state index is 12.7. The largest absolute Gasteiger partial charge is 0.497 e. The molecule has 1 N–H and O–H groups in total.